The van der Waals surface area contributed by atoms with Gasteiger partial charge in [0.1, 0.15) is 11.6 Å². The standard InChI is InChI=1S/C21H33N5O/c22-20-16-21(23,25-24-20)11-4-1-2-7-14-27-19-10-8-9-18(15-19)17-26-12-5-3-6-13-26/h8-10,15-16H,1-7,11-14,17,22-23H2. The second kappa shape index (κ2) is 9.85. The molecule has 148 valence electrons. The van der Waals surface area contributed by atoms with Gasteiger partial charge in [-0.05, 0) is 62.9 Å². The van der Waals surface area contributed by atoms with Crippen LogP contribution in [0.5, 0.6) is 5.75 Å². The van der Waals surface area contributed by atoms with E-state index in [1.165, 1.54) is 37.9 Å². The first-order valence-corrected chi connectivity index (χ1v) is 10.3. The molecule has 27 heavy (non-hydrogen) atoms. The van der Waals surface area contributed by atoms with Crippen LogP contribution in [0.2, 0.25) is 0 Å². The minimum absolute atomic E-state index is 0.424. The lowest BCUT2D eigenvalue weighted by atomic mass is 10.0. The molecule has 1 aromatic carbocycles. The maximum atomic E-state index is 6.10. The molecule has 1 unspecified atom stereocenters. The van der Waals surface area contributed by atoms with Gasteiger partial charge in [0, 0.05) is 12.6 Å². The third-order valence-corrected chi connectivity index (χ3v) is 5.24. The third-order valence-electron chi connectivity index (χ3n) is 5.24. The van der Waals surface area contributed by atoms with E-state index in [0.717, 1.165) is 51.0 Å². The lowest BCUT2D eigenvalue weighted by Gasteiger charge is -2.26. The van der Waals surface area contributed by atoms with Crippen LogP contribution < -0.4 is 16.2 Å². The molecule has 0 amide bonds. The summed E-state index contributed by atoms with van der Waals surface area (Å²) in [7, 11) is 0. The van der Waals surface area contributed by atoms with Crippen molar-refractivity contribution in [3.63, 3.8) is 0 Å². The van der Waals surface area contributed by atoms with Gasteiger partial charge in [-0.3, -0.25) is 4.90 Å². The van der Waals surface area contributed by atoms with Crippen molar-refractivity contribution in [1.29, 1.82) is 0 Å². The Morgan fingerprint density at radius 2 is 1.89 bits per heavy atom. The number of piperidine rings is 1. The van der Waals surface area contributed by atoms with Gasteiger partial charge < -0.3 is 16.2 Å². The second-order valence-corrected chi connectivity index (χ2v) is 7.76. The Morgan fingerprint density at radius 3 is 2.67 bits per heavy atom. The minimum Gasteiger partial charge on any atom is -0.494 e. The number of unbranched alkanes of at least 4 members (excludes halogenated alkanes) is 3. The van der Waals surface area contributed by atoms with Crippen LogP contribution in [0.15, 0.2) is 46.4 Å². The molecular weight excluding hydrogens is 338 g/mol. The highest BCUT2D eigenvalue weighted by Crippen LogP contribution is 2.23. The molecule has 0 saturated carbocycles. The molecule has 0 bridgehead atoms. The number of likely N-dealkylation sites (tertiary alicyclic amines) is 1. The molecule has 6 heteroatoms. The Bertz CT molecular complexity index is 654. The molecule has 2 heterocycles. The maximum Gasteiger partial charge on any atom is 0.152 e. The Labute approximate surface area is 162 Å². The zero-order valence-corrected chi connectivity index (χ0v) is 16.3. The van der Waals surface area contributed by atoms with Crippen molar-refractivity contribution in [2.45, 2.75) is 63.6 Å². The highest BCUT2D eigenvalue weighted by atomic mass is 16.5. The van der Waals surface area contributed by atoms with Crippen molar-refractivity contribution in [1.82, 2.24) is 4.90 Å². The van der Waals surface area contributed by atoms with E-state index in [-0.39, 0.29) is 0 Å². The van der Waals surface area contributed by atoms with E-state index in [2.05, 4.69) is 39.4 Å². The molecule has 0 radical (unpaired) electrons. The average molecular weight is 372 g/mol. The van der Waals surface area contributed by atoms with Crippen LogP contribution in [0.4, 0.5) is 0 Å². The molecule has 0 aliphatic carbocycles. The largest absolute Gasteiger partial charge is 0.494 e. The normalized spacial score (nSPS) is 22.8. The summed E-state index contributed by atoms with van der Waals surface area (Å²) in [5.41, 5.74) is 12.4. The van der Waals surface area contributed by atoms with Gasteiger partial charge in [0.25, 0.3) is 0 Å². The fourth-order valence-electron chi connectivity index (χ4n) is 3.75. The van der Waals surface area contributed by atoms with Crippen LogP contribution in [-0.4, -0.2) is 30.3 Å². The smallest absolute Gasteiger partial charge is 0.152 e. The molecule has 4 N–H and O–H groups in total. The highest BCUT2D eigenvalue weighted by molar-refractivity contribution is 5.28. The van der Waals surface area contributed by atoms with Crippen molar-refractivity contribution in [2.24, 2.45) is 21.7 Å². The molecule has 1 atom stereocenters. The lowest BCUT2D eigenvalue weighted by Crippen LogP contribution is -2.33. The summed E-state index contributed by atoms with van der Waals surface area (Å²) in [6.45, 7) is 4.24. The van der Waals surface area contributed by atoms with E-state index in [1.807, 2.05) is 0 Å². The van der Waals surface area contributed by atoms with E-state index >= 15 is 0 Å². The van der Waals surface area contributed by atoms with Gasteiger partial charge in [-0.25, -0.2) is 0 Å². The van der Waals surface area contributed by atoms with Gasteiger partial charge >= 0.3 is 0 Å². The van der Waals surface area contributed by atoms with Gasteiger partial charge in [0.05, 0.1) is 6.61 Å². The number of azo groups is 1. The van der Waals surface area contributed by atoms with Crippen molar-refractivity contribution in [2.75, 3.05) is 19.7 Å². The van der Waals surface area contributed by atoms with E-state index in [0.29, 0.717) is 5.82 Å². The number of nitrogens with two attached hydrogens (primary N) is 2. The van der Waals surface area contributed by atoms with Gasteiger partial charge in [-0.2, -0.15) is 5.11 Å². The first kappa shape index (κ1) is 19.8. The lowest BCUT2D eigenvalue weighted by molar-refractivity contribution is 0.220. The fourth-order valence-corrected chi connectivity index (χ4v) is 3.75. The summed E-state index contributed by atoms with van der Waals surface area (Å²) in [6, 6.07) is 8.55. The Morgan fingerprint density at radius 1 is 1.07 bits per heavy atom. The fraction of sp³-hybridized carbons (Fsp3) is 0.619. The zero-order valence-electron chi connectivity index (χ0n) is 16.3. The summed E-state index contributed by atoms with van der Waals surface area (Å²) < 4.78 is 5.95. The molecular formula is C21H33N5O. The Kier molecular flexibility index (Phi) is 7.24. The average Bonchev–Trinajstić information content (AvgIpc) is 3.01. The van der Waals surface area contributed by atoms with Crippen molar-refractivity contribution >= 4 is 0 Å². The van der Waals surface area contributed by atoms with Gasteiger partial charge in [0.15, 0.2) is 5.66 Å². The number of benzene rings is 1. The third kappa shape index (κ3) is 6.63. The first-order chi connectivity index (χ1) is 13.1. The summed E-state index contributed by atoms with van der Waals surface area (Å²) >= 11 is 0. The van der Waals surface area contributed by atoms with E-state index in [9.17, 15) is 0 Å². The van der Waals surface area contributed by atoms with Crippen LogP contribution in [0.3, 0.4) is 0 Å². The van der Waals surface area contributed by atoms with E-state index in [4.69, 9.17) is 16.2 Å². The molecule has 2 aliphatic rings. The monoisotopic (exact) mass is 371 g/mol. The summed E-state index contributed by atoms with van der Waals surface area (Å²) in [5.74, 6) is 1.41. The SMILES string of the molecule is NC1=CC(N)(CCCCCCOc2cccc(CN3CCCCC3)c2)N=N1. The molecule has 3 rings (SSSR count). The van der Waals surface area contributed by atoms with Crippen LogP contribution in [0.1, 0.15) is 56.9 Å². The van der Waals surface area contributed by atoms with Crippen LogP contribution in [0.25, 0.3) is 0 Å². The topological polar surface area (TPSA) is 89.2 Å². The van der Waals surface area contributed by atoms with Crippen LogP contribution >= 0.6 is 0 Å². The predicted octanol–water partition coefficient (Wildman–Crippen LogP) is 3.92. The van der Waals surface area contributed by atoms with Crippen LogP contribution in [0, 0.1) is 0 Å². The minimum atomic E-state index is -0.685. The van der Waals surface area contributed by atoms with E-state index in [1.54, 1.807) is 6.08 Å². The maximum absolute atomic E-state index is 6.10. The van der Waals surface area contributed by atoms with Gasteiger partial charge in [-0.15, -0.1) is 5.11 Å². The molecule has 2 aliphatic heterocycles. The molecule has 0 aromatic heterocycles. The Hall–Kier alpha value is -1.92. The Balaban J connectivity index is 1.29. The van der Waals surface area contributed by atoms with Crippen molar-refractivity contribution in [3.8, 4) is 5.75 Å². The highest BCUT2D eigenvalue weighted by Gasteiger charge is 2.25. The number of ether oxygens (including phenoxy) is 1. The second-order valence-electron chi connectivity index (χ2n) is 7.76. The zero-order chi connectivity index (χ0) is 19.0. The first-order valence-electron chi connectivity index (χ1n) is 10.3. The summed E-state index contributed by atoms with van der Waals surface area (Å²) in [5, 5.41) is 7.84. The summed E-state index contributed by atoms with van der Waals surface area (Å²) in [6.07, 6.45) is 10.9. The molecule has 0 spiro atoms. The molecule has 6 nitrogen and oxygen atoms in total. The molecule has 1 saturated heterocycles. The predicted molar refractivity (Wildman–Crippen MR) is 108 cm³/mol. The van der Waals surface area contributed by atoms with Gasteiger partial charge in [0.2, 0.25) is 0 Å². The summed E-state index contributed by atoms with van der Waals surface area (Å²) in [4.78, 5) is 2.54. The number of nitrogens with zero attached hydrogens (tertiary/aromatic N) is 3. The number of hydrogen-bond acceptors (Lipinski definition) is 6. The van der Waals surface area contributed by atoms with E-state index < -0.39 is 5.66 Å². The van der Waals surface area contributed by atoms with Crippen molar-refractivity contribution in [3.05, 3.63) is 41.7 Å². The van der Waals surface area contributed by atoms with Crippen LogP contribution in [-0.2, 0) is 6.54 Å². The van der Waals surface area contributed by atoms with Crippen molar-refractivity contribution < 1.29 is 4.74 Å². The van der Waals surface area contributed by atoms with Gasteiger partial charge in [-0.1, -0.05) is 31.4 Å². The molecule has 1 aromatic rings. The number of rotatable bonds is 10. The number of hydrogen-bond donors (Lipinski definition) is 2. The molecule has 1 fully saturated rings. The quantitative estimate of drug-likeness (QED) is 0.610.